The zero-order valence-corrected chi connectivity index (χ0v) is 15.5. The number of amides is 1. The molecule has 0 aliphatic carbocycles. The zero-order chi connectivity index (χ0) is 18.6. The standard InChI is InChI=1S/C19H23N3O3S/c1-20-26(24,25)18-7-3-14(4-8-18)5-9-19(23)22-11-15-2-6-16-12-21-13-17(16)10-15/h2-4,6-8,10,20-21H,5,9,11-13H2,1H3,(H,22,23). The maximum Gasteiger partial charge on any atom is 0.240 e. The molecule has 26 heavy (non-hydrogen) atoms. The van der Waals surface area contributed by atoms with Crippen LogP contribution in [0.1, 0.15) is 28.7 Å². The van der Waals surface area contributed by atoms with Crippen molar-refractivity contribution in [2.75, 3.05) is 7.05 Å². The number of aryl methyl sites for hydroxylation is 1. The molecule has 0 fully saturated rings. The topological polar surface area (TPSA) is 87.3 Å². The molecule has 0 radical (unpaired) electrons. The van der Waals surface area contributed by atoms with E-state index in [1.807, 2.05) is 6.07 Å². The van der Waals surface area contributed by atoms with E-state index in [1.54, 1.807) is 24.3 Å². The molecular weight excluding hydrogens is 350 g/mol. The van der Waals surface area contributed by atoms with Crippen molar-refractivity contribution >= 4 is 15.9 Å². The lowest BCUT2D eigenvalue weighted by Gasteiger charge is -2.08. The Kier molecular flexibility index (Phi) is 5.70. The summed E-state index contributed by atoms with van der Waals surface area (Å²) in [5.74, 6) is -0.0180. The Morgan fingerprint density at radius 1 is 1.04 bits per heavy atom. The summed E-state index contributed by atoms with van der Waals surface area (Å²) in [5, 5.41) is 6.25. The van der Waals surface area contributed by atoms with Crippen LogP contribution in [0.2, 0.25) is 0 Å². The lowest BCUT2D eigenvalue weighted by molar-refractivity contribution is -0.121. The number of fused-ring (bicyclic) bond motifs is 1. The molecular formula is C19H23N3O3S. The first-order valence-electron chi connectivity index (χ1n) is 8.58. The maximum atomic E-state index is 12.1. The molecule has 1 amide bonds. The fraction of sp³-hybridized carbons (Fsp3) is 0.316. The maximum absolute atomic E-state index is 12.1. The van der Waals surface area contributed by atoms with Crippen molar-refractivity contribution in [2.24, 2.45) is 0 Å². The van der Waals surface area contributed by atoms with Crippen LogP contribution in [0.3, 0.4) is 0 Å². The summed E-state index contributed by atoms with van der Waals surface area (Å²) in [7, 11) is -2.04. The highest BCUT2D eigenvalue weighted by Gasteiger charge is 2.12. The predicted octanol–water partition coefficient (Wildman–Crippen LogP) is 1.45. The molecule has 0 aromatic heterocycles. The van der Waals surface area contributed by atoms with Gasteiger partial charge in [-0.15, -0.1) is 0 Å². The fourth-order valence-electron chi connectivity index (χ4n) is 2.96. The second-order valence-electron chi connectivity index (χ2n) is 6.33. The molecule has 0 atom stereocenters. The van der Waals surface area contributed by atoms with E-state index in [-0.39, 0.29) is 10.8 Å². The smallest absolute Gasteiger partial charge is 0.240 e. The minimum Gasteiger partial charge on any atom is -0.352 e. The van der Waals surface area contributed by atoms with Crippen molar-refractivity contribution in [2.45, 2.75) is 37.4 Å². The summed E-state index contributed by atoms with van der Waals surface area (Å²) in [5.41, 5.74) is 4.65. The lowest BCUT2D eigenvalue weighted by Crippen LogP contribution is -2.23. The molecule has 7 heteroatoms. The number of rotatable bonds is 7. The molecule has 2 aromatic carbocycles. The summed E-state index contributed by atoms with van der Waals surface area (Å²) < 4.78 is 25.7. The molecule has 1 aliphatic rings. The average Bonchev–Trinajstić information content (AvgIpc) is 3.13. The highest BCUT2D eigenvalue weighted by molar-refractivity contribution is 7.89. The van der Waals surface area contributed by atoms with Crippen LogP contribution in [-0.4, -0.2) is 21.4 Å². The van der Waals surface area contributed by atoms with Gasteiger partial charge in [-0.05, 0) is 47.9 Å². The third-order valence-corrected chi connectivity index (χ3v) is 5.96. The van der Waals surface area contributed by atoms with Crippen LogP contribution < -0.4 is 15.4 Å². The SMILES string of the molecule is CNS(=O)(=O)c1ccc(CCC(=O)NCc2ccc3c(c2)CNC3)cc1. The van der Waals surface area contributed by atoms with Crippen molar-refractivity contribution in [1.29, 1.82) is 0 Å². The Bertz CT molecular complexity index is 893. The highest BCUT2D eigenvalue weighted by Crippen LogP contribution is 2.17. The molecule has 138 valence electrons. The van der Waals surface area contributed by atoms with Crippen LogP contribution in [0.4, 0.5) is 0 Å². The van der Waals surface area contributed by atoms with Gasteiger partial charge in [-0.2, -0.15) is 0 Å². The predicted molar refractivity (Wildman–Crippen MR) is 99.8 cm³/mol. The Labute approximate surface area is 154 Å². The van der Waals surface area contributed by atoms with E-state index in [2.05, 4.69) is 27.5 Å². The Hall–Kier alpha value is -2.22. The molecule has 2 aromatic rings. The molecule has 0 bridgehead atoms. The first-order chi connectivity index (χ1) is 12.5. The van der Waals surface area contributed by atoms with Gasteiger partial charge in [0.25, 0.3) is 0 Å². The second kappa shape index (κ2) is 7.99. The quantitative estimate of drug-likeness (QED) is 0.685. The molecule has 0 unspecified atom stereocenters. The minimum atomic E-state index is -3.42. The van der Waals surface area contributed by atoms with E-state index in [0.29, 0.717) is 19.4 Å². The van der Waals surface area contributed by atoms with Gasteiger partial charge in [0.1, 0.15) is 0 Å². The fourth-order valence-corrected chi connectivity index (χ4v) is 3.69. The summed E-state index contributed by atoms with van der Waals surface area (Å²) in [6.07, 6.45) is 0.935. The average molecular weight is 373 g/mol. The molecule has 6 nitrogen and oxygen atoms in total. The Balaban J connectivity index is 1.48. The van der Waals surface area contributed by atoms with E-state index in [9.17, 15) is 13.2 Å². The van der Waals surface area contributed by atoms with E-state index < -0.39 is 10.0 Å². The molecule has 0 saturated heterocycles. The van der Waals surface area contributed by atoms with E-state index in [0.717, 1.165) is 24.2 Å². The number of nitrogens with one attached hydrogen (secondary N) is 3. The van der Waals surface area contributed by atoms with Gasteiger partial charge in [-0.1, -0.05) is 30.3 Å². The van der Waals surface area contributed by atoms with Gasteiger partial charge < -0.3 is 10.6 Å². The lowest BCUT2D eigenvalue weighted by atomic mass is 10.1. The van der Waals surface area contributed by atoms with Gasteiger partial charge in [-0.3, -0.25) is 4.79 Å². The van der Waals surface area contributed by atoms with Gasteiger partial charge >= 0.3 is 0 Å². The summed E-state index contributed by atoms with van der Waals surface area (Å²) in [6, 6.07) is 12.9. The van der Waals surface area contributed by atoms with Gasteiger partial charge in [-0.25, -0.2) is 13.1 Å². The van der Waals surface area contributed by atoms with Crippen molar-refractivity contribution in [1.82, 2.24) is 15.4 Å². The van der Waals surface area contributed by atoms with Crippen molar-refractivity contribution in [3.8, 4) is 0 Å². The Morgan fingerprint density at radius 2 is 1.73 bits per heavy atom. The molecule has 1 aliphatic heterocycles. The molecule has 3 rings (SSSR count). The number of carbonyl (C=O) groups excluding carboxylic acids is 1. The zero-order valence-electron chi connectivity index (χ0n) is 14.7. The first-order valence-corrected chi connectivity index (χ1v) is 10.1. The molecule has 3 N–H and O–H groups in total. The molecule has 0 spiro atoms. The largest absolute Gasteiger partial charge is 0.352 e. The number of hydrogen-bond donors (Lipinski definition) is 3. The van der Waals surface area contributed by atoms with Crippen molar-refractivity contribution in [3.63, 3.8) is 0 Å². The van der Waals surface area contributed by atoms with E-state index >= 15 is 0 Å². The van der Waals surface area contributed by atoms with E-state index in [1.165, 1.54) is 18.2 Å². The summed E-state index contributed by atoms with van der Waals surface area (Å²) in [4.78, 5) is 12.3. The summed E-state index contributed by atoms with van der Waals surface area (Å²) >= 11 is 0. The number of benzene rings is 2. The number of carbonyl (C=O) groups is 1. The molecule has 0 saturated carbocycles. The number of sulfonamides is 1. The van der Waals surface area contributed by atoms with Crippen LogP contribution in [0.15, 0.2) is 47.4 Å². The van der Waals surface area contributed by atoms with Crippen LogP contribution in [0, 0.1) is 0 Å². The second-order valence-corrected chi connectivity index (χ2v) is 8.22. The third kappa shape index (κ3) is 4.49. The minimum absolute atomic E-state index is 0.0180. The van der Waals surface area contributed by atoms with Crippen molar-refractivity contribution in [3.05, 3.63) is 64.7 Å². The monoisotopic (exact) mass is 373 g/mol. The van der Waals surface area contributed by atoms with Crippen molar-refractivity contribution < 1.29 is 13.2 Å². The van der Waals surface area contributed by atoms with Crippen LogP contribution in [-0.2, 0) is 40.9 Å². The van der Waals surface area contributed by atoms with Crippen LogP contribution in [0.25, 0.3) is 0 Å². The van der Waals surface area contributed by atoms with Gasteiger partial charge in [0, 0.05) is 26.1 Å². The van der Waals surface area contributed by atoms with Gasteiger partial charge in [0.2, 0.25) is 15.9 Å². The van der Waals surface area contributed by atoms with Crippen LogP contribution >= 0.6 is 0 Å². The Morgan fingerprint density at radius 3 is 2.46 bits per heavy atom. The van der Waals surface area contributed by atoms with E-state index in [4.69, 9.17) is 0 Å². The van der Waals surface area contributed by atoms with Crippen LogP contribution in [0.5, 0.6) is 0 Å². The highest BCUT2D eigenvalue weighted by atomic mass is 32.2. The summed E-state index contributed by atoms with van der Waals surface area (Å²) in [6.45, 7) is 2.32. The molecule has 1 heterocycles. The third-order valence-electron chi connectivity index (χ3n) is 4.53. The van der Waals surface area contributed by atoms with Gasteiger partial charge in [0.05, 0.1) is 4.90 Å². The van der Waals surface area contributed by atoms with Gasteiger partial charge in [0.15, 0.2) is 0 Å². The first kappa shape index (κ1) is 18.6. The number of hydrogen-bond acceptors (Lipinski definition) is 4. The normalized spacial score (nSPS) is 13.4.